The van der Waals surface area contributed by atoms with Gasteiger partial charge in [0.25, 0.3) is 0 Å². The second kappa shape index (κ2) is 17.9. The maximum Gasteiger partial charge on any atom is 0.384 e. The summed E-state index contributed by atoms with van der Waals surface area (Å²) >= 11 is 0. The van der Waals surface area contributed by atoms with Gasteiger partial charge < -0.3 is 10.1 Å². The summed E-state index contributed by atoms with van der Waals surface area (Å²) < 4.78 is 4.85. The summed E-state index contributed by atoms with van der Waals surface area (Å²) in [5, 5.41) is 3.42. The summed E-state index contributed by atoms with van der Waals surface area (Å²) in [6.45, 7) is 5.28. The SMILES string of the molecule is CCCCCCCCCCC=CCCCNc1ccccc1C#CC(=O)OCC. The van der Waals surface area contributed by atoms with Gasteiger partial charge in [0.15, 0.2) is 0 Å². The minimum Gasteiger partial charge on any atom is -0.456 e. The fourth-order valence-corrected chi connectivity index (χ4v) is 3.11. The molecule has 0 spiro atoms. The lowest BCUT2D eigenvalue weighted by molar-refractivity contribution is -0.136. The molecule has 0 unspecified atom stereocenters. The fraction of sp³-hybridized carbons (Fsp3) is 0.577. The van der Waals surface area contributed by atoms with E-state index in [1.807, 2.05) is 24.3 Å². The van der Waals surface area contributed by atoms with Crippen molar-refractivity contribution in [3.63, 3.8) is 0 Å². The molecule has 0 heterocycles. The molecule has 1 N–H and O–H groups in total. The number of nitrogens with one attached hydrogen (secondary N) is 1. The van der Waals surface area contributed by atoms with Crippen LogP contribution >= 0.6 is 0 Å². The first kappa shape index (κ1) is 24.8. The van der Waals surface area contributed by atoms with Crippen molar-refractivity contribution in [2.24, 2.45) is 0 Å². The first-order valence-corrected chi connectivity index (χ1v) is 11.4. The molecule has 0 atom stereocenters. The van der Waals surface area contributed by atoms with E-state index in [2.05, 4.69) is 36.2 Å². The van der Waals surface area contributed by atoms with Gasteiger partial charge in [-0.15, -0.1) is 0 Å². The minimum atomic E-state index is -0.482. The average molecular weight is 398 g/mol. The van der Waals surface area contributed by atoms with Crippen LogP contribution in [0.1, 0.15) is 90.0 Å². The Kier molecular flexibility index (Phi) is 15.3. The van der Waals surface area contributed by atoms with E-state index >= 15 is 0 Å². The van der Waals surface area contributed by atoms with Crippen molar-refractivity contribution in [3.05, 3.63) is 42.0 Å². The zero-order valence-corrected chi connectivity index (χ0v) is 18.5. The van der Waals surface area contributed by atoms with Gasteiger partial charge >= 0.3 is 5.97 Å². The molecule has 3 heteroatoms. The van der Waals surface area contributed by atoms with E-state index < -0.39 is 5.97 Å². The Morgan fingerprint density at radius 3 is 2.31 bits per heavy atom. The van der Waals surface area contributed by atoms with Crippen LogP contribution in [0.5, 0.6) is 0 Å². The largest absolute Gasteiger partial charge is 0.456 e. The molecule has 3 nitrogen and oxygen atoms in total. The molecule has 1 aromatic carbocycles. The summed E-state index contributed by atoms with van der Waals surface area (Å²) in [6, 6.07) is 7.81. The van der Waals surface area contributed by atoms with Crippen LogP contribution in [-0.2, 0) is 9.53 Å². The lowest BCUT2D eigenvalue weighted by Gasteiger charge is -2.07. The zero-order valence-electron chi connectivity index (χ0n) is 18.5. The number of esters is 1. The monoisotopic (exact) mass is 397 g/mol. The predicted octanol–water partition coefficient (Wildman–Crippen LogP) is 6.88. The lowest BCUT2D eigenvalue weighted by atomic mass is 10.1. The summed E-state index contributed by atoms with van der Waals surface area (Å²) in [5.74, 6) is 4.94. The van der Waals surface area contributed by atoms with Gasteiger partial charge in [0, 0.05) is 23.7 Å². The third-order valence-corrected chi connectivity index (χ3v) is 4.76. The van der Waals surface area contributed by atoms with Gasteiger partial charge in [-0.3, -0.25) is 0 Å². The smallest absolute Gasteiger partial charge is 0.384 e. The van der Waals surface area contributed by atoms with Gasteiger partial charge in [-0.2, -0.15) is 0 Å². The molecule has 0 saturated carbocycles. The molecule has 0 aliphatic rings. The van der Waals surface area contributed by atoms with Crippen LogP contribution in [0.2, 0.25) is 0 Å². The van der Waals surface area contributed by atoms with E-state index in [1.165, 1.54) is 57.8 Å². The third kappa shape index (κ3) is 13.6. The highest BCUT2D eigenvalue weighted by atomic mass is 16.5. The normalized spacial score (nSPS) is 10.6. The average Bonchev–Trinajstić information content (AvgIpc) is 2.73. The molecule has 0 saturated heterocycles. The van der Waals surface area contributed by atoms with E-state index in [9.17, 15) is 4.79 Å². The fourth-order valence-electron chi connectivity index (χ4n) is 3.11. The molecule has 160 valence electrons. The number of hydrogen-bond donors (Lipinski definition) is 1. The van der Waals surface area contributed by atoms with Crippen LogP contribution in [0.25, 0.3) is 0 Å². The molecule has 0 aliphatic heterocycles. The van der Waals surface area contributed by atoms with Crippen molar-refractivity contribution < 1.29 is 9.53 Å². The molecular weight excluding hydrogens is 358 g/mol. The minimum absolute atomic E-state index is 0.347. The van der Waals surface area contributed by atoms with Crippen LogP contribution < -0.4 is 5.32 Å². The number of para-hydroxylation sites is 1. The quantitative estimate of drug-likeness (QED) is 0.152. The molecule has 1 rings (SSSR count). The van der Waals surface area contributed by atoms with Gasteiger partial charge in [0.1, 0.15) is 0 Å². The standard InChI is InChI=1S/C26H39NO2/c1-3-5-6-7-8-9-10-11-12-13-14-15-18-23-27-25-20-17-16-19-24(25)21-22-26(28)29-4-2/h13-14,16-17,19-20,27H,3-12,15,18,23H2,1-2H3. The maximum absolute atomic E-state index is 11.4. The Labute approximate surface area is 178 Å². The Balaban J connectivity index is 2.13. The predicted molar refractivity (Wildman–Crippen MR) is 124 cm³/mol. The highest BCUT2D eigenvalue weighted by molar-refractivity contribution is 5.89. The molecule has 0 amide bonds. The maximum atomic E-state index is 11.4. The number of benzene rings is 1. The van der Waals surface area contributed by atoms with E-state index in [1.54, 1.807) is 6.92 Å². The second-order valence-corrected chi connectivity index (χ2v) is 7.32. The van der Waals surface area contributed by atoms with Crippen LogP contribution in [0.4, 0.5) is 5.69 Å². The number of allylic oxidation sites excluding steroid dienone is 2. The lowest BCUT2D eigenvalue weighted by Crippen LogP contribution is -2.03. The van der Waals surface area contributed by atoms with Gasteiger partial charge in [-0.25, -0.2) is 4.79 Å². The Morgan fingerprint density at radius 1 is 0.931 bits per heavy atom. The topological polar surface area (TPSA) is 38.3 Å². The molecule has 0 bridgehead atoms. The van der Waals surface area contributed by atoms with E-state index in [0.29, 0.717) is 6.61 Å². The van der Waals surface area contributed by atoms with E-state index in [-0.39, 0.29) is 0 Å². The summed E-state index contributed by atoms with van der Waals surface area (Å²) in [6.07, 6.45) is 19.0. The van der Waals surface area contributed by atoms with Crippen LogP contribution in [0, 0.1) is 11.8 Å². The third-order valence-electron chi connectivity index (χ3n) is 4.76. The first-order chi connectivity index (χ1) is 14.3. The van der Waals surface area contributed by atoms with Gasteiger partial charge in [-0.05, 0) is 44.7 Å². The number of rotatable bonds is 15. The molecule has 0 fully saturated rings. The summed E-state index contributed by atoms with van der Waals surface area (Å²) in [4.78, 5) is 11.4. The van der Waals surface area contributed by atoms with E-state index in [0.717, 1.165) is 30.6 Å². The highest BCUT2D eigenvalue weighted by Gasteiger charge is 1.99. The van der Waals surface area contributed by atoms with Gasteiger partial charge in [0.2, 0.25) is 0 Å². The Morgan fingerprint density at radius 2 is 1.59 bits per heavy atom. The molecule has 0 aliphatic carbocycles. The van der Waals surface area contributed by atoms with Crippen molar-refractivity contribution in [1.29, 1.82) is 0 Å². The molecular formula is C26H39NO2. The van der Waals surface area contributed by atoms with Crippen molar-refractivity contribution in [2.75, 3.05) is 18.5 Å². The molecule has 0 aromatic heterocycles. The van der Waals surface area contributed by atoms with Crippen molar-refractivity contribution in [2.45, 2.75) is 84.5 Å². The first-order valence-electron chi connectivity index (χ1n) is 11.4. The van der Waals surface area contributed by atoms with Crippen molar-refractivity contribution in [1.82, 2.24) is 0 Å². The van der Waals surface area contributed by atoms with Gasteiger partial charge in [0.05, 0.1) is 6.61 Å². The summed E-state index contributed by atoms with van der Waals surface area (Å²) in [5.41, 5.74) is 1.79. The van der Waals surface area contributed by atoms with E-state index in [4.69, 9.17) is 4.74 Å². The number of carbonyl (C=O) groups excluding carboxylic acids is 1. The number of ether oxygens (including phenoxy) is 1. The van der Waals surface area contributed by atoms with Gasteiger partial charge in [-0.1, -0.05) is 82.1 Å². The summed E-state index contributed by atoms with van der Waals surface area (Å²) in [7, 11) is 0. The number of hydrogen-bond acceptors (Lipinski definition) is 3. The van der Waals surface area contributed by atoms with Crippen LogP contribution in [0.3, 0.4) is 0 Å². The van der Waals surface area contributed by atoms with Crippen molar-refractivity contribution >= 4 is 11.7 Å². The Bertz CT molecular complexity index is 640. The highest BCUT2D eigenvalue weighted by Crippen LogP contribution is 2.14. The van der Waals surface area contributed by atoms with Crippen LogP contribution in [0.15, 0.2) is 36.4 Å². The number of unbranched alkanes of at least 4 members (excludes halogenated alkanes) is 9. The number of carbonyl (C=O) groups is 1. The molecule has 1 aromatic rings. The van der Waals surface area contributed by atoms with Crippen molar-refractivity contribution in [3.8, 4) is 11.8 Å². The second-order valence-electron chi connectivity index (χ2n) is 7.32. The van der Waals surface area contributed by atoms with Crippen LogP contribution in [-0.4, -0.2) is 19.1 Å². The zero-order chi connectivity index (χ0) is 21.0. The Hall–Kier alpha value is -2.21. The number of anilines is 1. The molecule has 0 radical (unpaired) electrons. The molecule has 29 heavy (non-hydrogen) atoms.